The third kappa shape index (κ3) is 5.56. The normalized spacial score (nSPS) is 14.1. The third-order valence-corrected chi connectivity index (χ3v) is 6.52. The molecule has 1 saturated heterocycles. The first-order valence-corrected chi connectivity index (χ1v) is 11.9. The molecule has 0 bridgehead atoms. The molecule has 7 nitrogen and oxygen atoms in total. The van der Waals surface area contributed by atoms with Crippen molar-refractivity contribution in [1.82, 2.24) is 14.7 Å². The van der Waals surface area contributed by atoms with E-state index in [4.69, 9.17) is 9.47 Å². The molecule has 1 fully saturated rings. The molecule has 9 heteroatoms. The van der Waals surface area contributed by atoms with Crippen molar-refractivity contribution < 1.29 is 27.8 Å². The number of aromatic nitrogens is 2. The van der Waals surface area contributed by atoms with Crippen molar-refractivity contribution in [2.24, 2.45) is 0 Å². The Balaban J connectivity index is 1.37. The summed E-state index contributed by atoms with van der Waals surface area (Å²) in [6.07, 6.45) is 1.71. The predicted octanol–water partition coefficient (Wildman–Crippen LogP) is 4.56. The first-order chi connectivity index (χ1) is 17.3. The highest BCUT2D eigenvalue weighted by atomic mass is 19.1. The average Bonchev–Trinajstić information content (AvgIpc) is 3.17. The van der Waals surface area contributed by atoms with Gasteiger partial charge in [-0.1, -0.05) is 0 Å². The summed E-state index contributed by atoms with van der Waals surface area (Å²) in [5.74, 6) is -1.70. The minimum atomic E-state index is -0.730. The van der Waals surface area contributed by atoms with E-state index in [0.717, 1.165) is 34.8 Å². The van der Waals surface area contributed by atoms with Crippen molar-refractivity contribution in [3.63, 3.8) is 0 Å². The van der Waals surface area contributed by atoms with Crippen LogP contribution >= 0.6 is 0 Å². The molecule has 3 aromatic rings. The topological polar surface area (TPSA) is 73.7 Å². The summed E-state index contributed by atoms with van der Waals surface area (Å²) in [7, 11) is 1.37. The quantitative estimate of drug-likeness (QED) is 0.448. The summed E-state index contributed by atoms with van der Waals surface area (Å²) in [6.45, 7) is 4.83. The standard InChI is InChI=1S/C27H29F2N3O4/c1-17-23(9-11-26(33)35-3)18(2)32(30-17)21-7-4-19(5-8-21)27(34)31-14-12-22(13-15-31)36-25-10-6-20(28)16-24(25)29/h4-8,10,16,22H,9,11-15H2,1-3H3. The number of halogens is 2. The summed E-state index contributed by atoms with van der Waals surface area (Å²) in [5, 5.41) is 4.61. The number of benzene rings is 2. The monoisotopic (exact) mass is 497 g/mol. The van der Waals surface area contributed by atoms with Gasteiger partial charge in [-0.25, -0.2) is 13.5 Å². The molecule has 0 spiro atoms. The maximum atomic E-state index is 13.9. The van der Waals surface area contributed by atoms with Gasteiger partial charge >= 0.3 is 5.97 Å². The Labute approximate surface area is 208 Å². The summed E-state index contributed by atoms with van der Waals surface area (Å²) >= 11 is 0. The van der Waals surface area contributed by atoms with E-state index in [9.17, 15) is 18.4 Å². The number of rotatable bonds is 7. The fraction of sp³-hybridized carbons (Fsp3) is 0.370. The molecular weight excluding hydrogens is 468 g/mol. The lowest BCUT2D eigenvalue weighted by atomic mass is 10.1. The minimum Gasteiger partial charge on any atom is -0.487 e. The lowest BCUT2D eigenvalue weighted by molar-refractivity contribution is -0.140. The van der Waals surface area contributed by atoms with E-state index in [2.05, 4.69) is 5.10 Å². The van der Waals surface area contributed by atoms with Crippen LogP contribution in [0.5, 0.6) is 5.75 Å². The summed E-state index contributed by atoms with van der Waals surface area (Å²) in [6, 6.07) is 10.5. The Morgan fingerprint density at radius 1 is 1.06 bits per heavy atom. The Morgan fingerprint density at radius 3 is 2.39 bits per heavy atom. The maximum Gasteiger partial charge on any atom is 0.305 e. The van der Waals surface area contributed by atoms with Gasteiger partial charge in [-0.05, 0) is 62.2 Å². The number of likely N-dealkylation sites (tertiary alicyclic amines) is 1. The average molecular weight is 498 g/mol. The van der Waals surface area contributed by atoms with Crippen molar-refractivity contribution in [2.45, 2.75) is 45.6 Å². The fourth-order valence-corrected chi connectivity index (χ4v) is 4.47. The van der Waals surface area contributed by atoms with Crippen LogP contribution in [0.4, 0.5) is 8.78 Å². The Morgan fingerprint density at radius 2 is 1.75 bits per heavy atom. The van der Waals surface area contributed by atoms with Crippen LogP contribution in [-0.4, -0.2) is 52.9 Å². The zero-order valence-corrected chi connectivity index (χ0v) is 20.6. The number of methoxy groups -OCH3 is 1. The highest BCUT2D eigenvalue weighted by Crippen LogP contribution is 2.24. The van der Waals surface area contributed by atoms with Gasteiger partial charge in [0.2, 0.25) is 0 Å². The molecule has 1 aliphatic heterocycles. The molecule has 0 aliphatic carbocycles. The number of hydrogen-bond acceptors (Lipinski definition) is 5. The number of aryl methyl sites for hydroxylation is 1. The number of hydrogen-bond donors (Lipinski definition) is 0. The SMILES string of the molecule is COC(=O)CCc1c(C)nn(-c2ccc(C(=O)N3CCC(Oc4ccc(F)cc4F)CC3)cc2)c1C. The van der Waals surface area contributed by atoms with E-state index in [1.54, 1.807) is 17.0 Å². The van der Waals surface area contributed by atoms with E-state index in [1.165, 1.54) is 13.2 Å². The van der Waals surface area contributed by atoms with Gasteiger partial charge < -0.3 is 14.4 Å². The molecule has 2 aromatic carbocycles. The molecule has 1 aromatic heterocycles. The second-order valence-electron chi connectivity index (χ2n) is 8.87. The predicted molar refractivity (Wildman–Crippen MR) is 129 cm³/mol. The zero-order valence-electron chi connectivity index (χ0n) is 20.6. The molecule has 2 heterocycles. The smallest absolute Gasteiger partial charge is 0.305 e. The van der Waals surface area contributed by atoms with Crippen LogP contribution in [0.2, 0.25) is 0 Å². The molecule has 36 heavy (non-hydrogen) atoms. The van der Waals surface area contributed by atoms with Crippen LogP contribution in [0.1, 0.15) is 46.6 Å². The summed E-state index contributed by atoms with van der Waals surface area (Å²) in [5.41, 5.74) is 4.18. The Kier molecular flexibility index (Phi) is 7.67. The summed E-state index contributed by atoms with van der Waals surface area (Å²) < 4.78 is 39.2. The first-order valence-electron chi connectivity index (χ1n) is 11.9. The van der Waals surface area contributed by atoms with Crippen molar-refractivity contribution in [1.29, 1.82) is 0 Å². The van der Waals surface area contributed by atoms with E-state index in [1.807, 2.05) is 30.7 Å². The Bertz CT molecular complexity index is 1250. The van der Waals surface area contributed by atoms with Gasteiger partial charge in [0, 0.05) is 49.7 Å². The third-order valence-electron chi connectivity index (χ3n) is 6.52. The van der Waals surface area contributed by atoms with E-state index in [0.29, 0.717) is 37.9 Å². The van der Waals surface area contributed by atoms with Crippen LogP contribution in [0.3, 0.4) is 0 Å². The lowest BCUT2D eigenvalue weighted by Crippen LogP contribution is -2.41. The minimum absolute atomic E-state index is 0.0226. The second kappa shape index (κ2) is 10.9. The molecule has 0 atom stereocenters. The molecule has 1 aliphatic rings. The first kappa shape index (κ1) is 25.3. The van der Waals surface area contributed by atoms with Crippen molar-refractivity contribution in [3.05, 3.63) is 76.6 Å². The van der Waals surface area contributed by atoms with E-state index < -0.39 is 11.6 Å². The number of ether oxygens (including phenoxy) is 2. The van der Waals surface area contributed by atoms with Gasteiger partial charge in [-0.3, -0.25) is 9.59 Å². The number of carbonyl (C=O) groups excluding carboxylic acids is 2. The molecule has 0 saturated carbocycles. The van der Waals surface area contributed by atoms with Gasteiger partial charge in [0.05, 0.1) is 18.5 Å². The van der Waals surface area contributed by atoms with Crippen LogP contribution < -0.4 is 4.74 Å². The molecule has 4 rings (SSSR count). The highest BCUT2D eigenvalue weighted by molar-refractivity contribution is 5.94. The number of piperidine rings is 1. The van der Waals surface area contributed by atoms with Gasteiger partial charge in [0.1, 0.15) is 11.9 Å². The van der Waals surface area contributed by atoms with E-state index >= 15 is 0 Å². The molecule has 190 valence electrons. The largest absolute Gasteiger partial charge is 0.487 e. The maximum absolute atomic E-state index is 13.9. The zero-order chi connectivity index (χ0) is 25.8. The van der Waals surface area contributed by atoms with Crippen molar-refractivity contribution in [3.8, 4) is 11.4 Å². The van der Waals surface area contributed by atoms with Crippen LogP contribution in [0, 0.1) is 25.5 Å². The number of esters is 1. The van der Waals surface area contributed by atoms with Crippen LogP contribution in [0.15, 0.2) is 42.5 Å². The molecular formula is C27H29F2N3O4. The number of amides is 1. The fourth-order valence-electron chi connectivity index (χ4n) is 4.47. The molecule has 0 unspecified atom stereocenters. The number of nitrogens with zero attached hydrogens (tertiary/aromatic N) is 3. The molecule has 0 radical (unpaired) electrons. The number of carbonyl (C=O) groups is 2. The van der Waals surface area contributed by atoms with Gasteiger partial charge in [0.15, 0.2) is 11.6 Å². The van der Waals surface area contributed by atoms with Crippen molar-refractivity contribution in [2.75, 3.05) is 20.2 Å². The summed E-state index contributed by atoms with van der Waals surface area (Å²) in [4.78, 5) is 26.3. The van der Waals surface area contributed by atoms with E-state index in [-0.39, 0.29) is 30.2 Å². The molecule has 0 N–H and O–H groups in total. The Hall–Kier alpha value is -3.75. The van der Waals surface area contributed by atoms with Gasteiger partial charge in [-0.2, -0.15) is 5.10 Å². The lowest BCUT2D eigenvalue weighted by Gasteiger charge is -2.32. The molecule has 1 amide bonds. The van der Waals surface area contributed by atoms with Gasteiger partial charge in [-0.15, -0.1) is 0 Å². The highest BCUT2D eigenvalue weighted by Gasteiger charge is 2.25. The van der Waals surface area contributed by atoms with Crippen molar-refractivity contribution >= 4 is 11.9 Å². The van der Waals surface area contributed by atoms with Crippen LogP contribution in [0.25, 0.3) is 5.69 Å². The van der Waals surface area contributed by atoms with Gasteiger partial charge in [0.25, 0.3) is 5.91 Å². The van der Waals surface area contributed by atoms with Crippen LogP contribution in [-0.2, 0) is 16.0 Å². The second-order valence-corrected chi connectivity index (χ2v) is 8.87.